The Balaban J connectivity index is 1.87. The van der Waals surface area contributed by atoms with Crippen LogP contribution in [0, 0.1) is 12.7 Å². The number of carbonyl (C=O) groups excluding carboxylic acids is 1. The number of rotatable bonds is 3. The maximum Gasteiger partial charge on any atom is 0.253 e. The Labute approximate surface area is 174 Å². The van der Waals surface area contributed by atoms with Crippen molar-refractivity contribution < 1.29 is 13.9 Å². The monoisotopic (exact) mass is 405 g/mol. The summed E-state index contributed by atoms with van der Waals surface area (Å²) in [5.41, 5.74) is 6.73. The molecule has 2 aromatic carbocycles. The molecular weight excluding hydrogens is 381 g/mol. The molecule has 0 spiro atoms. The highest BCUT2D eigenvalue weighted by molar-refractivity contribution is 6.08. The highest BCUT2D eigenvalue weighted by Gasteiger charge is 2.30. The van der Waals surface area contributed by atoms with Crippen molar-refractivity contribution >= 4 is 28.7 Å². The van der Waals surface area contributed by atoms with E-state index in [2.05, 4.69) is 35.5 Å². The molecule has 5 rings (SSSR count). The van der Waals surface area contributed by atoms with E-state index in [0.29, 0.717) is 25.3 Å². The summed E-state index contributed by atoms with van der Waals surface area (Å²) in [6.07, 6.45) is 1.90. The number of aryl methyl sites for hydroxylation is 1. The summed E-state index contributed by atoms with van der Waals surface area (Å²) in [6, 6.07) is 9.48. The van der Waals surface area contributed by atoms with E-state index in [9.17, 15) is 9.18 Å². The van der Waals surface area contributed by atoms with Crippen molar-refractivity contribution in [1.82, 2.24) is 4.57 Å². The number of carbonyl (C=O) groups is 1. The molecule has 0 atom stereocenters. The van der Waals surface area contributed by atoms with Gasteiger partial charge in [-0.1, -0.05) is 13.8 Å². The molecule has 0 radical (unpaired) electrons. The van der Waals surface area contributed by atoms with E-state index >= 15 is 0 Å². The maximum atomic E-state index is 14.0. The lowest BCUT2D eigenvalue weighted by Gasteiger charge is -2.29. The molecule has 1 amide bonds. The SMILES string of the molecule is Cc1cc(-n2c(C(C)C)c(N3CCOCC3=O)c3cc4c(cc32)C=NC4)ccc1F. The van der Waals surface area contributed by atoms with Crippen molar-refractivity contribution in [2.75, 3.05) is 24.7 Å². The van der Waals surface area contributed by atoms with Gasteiger partial charge in [0.15, 0.2) is 0 Å². The smallest absolute Gasteiger partial charge is 0.253 e. The van der Waals surface area contributed by atoms with Crippen LogP contribution in [0.25, 0.3) is 16.6 Å². The molecule has 30 heavy (non-hydrogen) atoms. The van der Waals surface area contributed by atoms with Crippen LogP contribution in [0.2, 0.25) is 0 Å². The van der Waals surface area contributed by atoms with Crippen LogP contribution in [0.3, 0.4) is 0 Å². The van der Waals surface area contributed by atoms with E-state index in [1.54, 1.807) is 13.0 Å². The normalized spacial score (nSPS) is 16.2. The first-order valence-electron chi connectivity index (χ1n) is 10.3. The van der Waals surface area contributed by atoms with Crippen molar-refractivity contribution in [1.29, 1.82) is 0 Å². The fourth-order valence-electron chi connectivity index (χ4n) is 4.51. The molecule has 3 aromatic rings. The minimum Gasteiger partial charge on any atom is -0.370 e. The Morgan fingerprint density at radius 3 is 2.77 bits per heavy atom. The molecule has 2 aliphatic rings. The number of benzene rings is 2. The zero-order valence-electron chi connectivity index (χ0n) is 17.4. The van der Waals surface area contributed by atoms with Crippen LogP contribution >= 0.6 is 0 Å². The number of morpholine rings is 1. The fraction of sp³-hybridized carbons (Fsp3) is 0.333. The summed E-state index contributed by atoms with van der Waals surface area (Å²) in [4.78, 5) is 19.1. The summed E-state index contributed by atoms with van der Waals surface area (Å²) in [5, 5.41) is 1.03. The van der Waals surface area contributed by atoms with E-state index in [4.69, 9.17) is 4.74 Å². The average molecular weight is 405 g/mol. The van der Waals surface area contributed by atoms with Crippen LogP contribution in [-0.4, -0.2) is 36.4 Å². The largest absolute Gasteiger partial charge is 0.370 e. The van der Waals surface area contributed by atoms with E-state index in [1.165, 1.54) is 6.07 Å². The molecule has 3 heterocycles. The lowest BCUT2D eigenvalue weighted by Crippen LogP contribution is -2.42. The fourth-order valence-corrected chi connectivity index (χ4v) is 4.51. The van der Waals surface area contributed by atoms with Gasteiger partial charge < -0.3 is 14.2 Å². The Morgan fingerprint density at radius 2 is 2.03 bits per heavy atom. The van der Waals surface area contributed by atoms with Gasteiger partial charge in [0.25, 0.3) is 5.91 Å². The second-order valence-corrected chi connectivity index (χ2v) is 8.29. The molecule has 1 fully saturated rings. The van der Waals surface area contributed by atoms with Crippen LogP contribution in [0.4, 0.5) is 10.1 Å². The number of hydrogen-bond donors (Lipinski definition) is 0. The Kier molecular flexibility index (Phi) is 4.47. The lowest BCUT2D eigenvalue weighted by molar-refractivity contribution is -0.125. The molecule has 0 bridgehead atoms. The number of ether oxygens (including phenoxy) is 1. The van der Waals surface area contributed by atoms with Gasteiger partial charge in [-0.15, -0.1) is 0 Å². The highest BCUT2D eigenvalue weighted by atomic mass is 19.1. The highest BCUT2D eigenvalue weighted by Crippen LogP contribution is 2.42. The summed E-state index contributed by atoms with van der Waals surface area (Å²) >= 11 is 0. The van der Waals surface area contributed by atoms with Gasteiger partial charge in [0.2, 0.25) is 0 Å². The number of aliphatic imine (C=N–C) groups is 1. The second-order valence-electron chi connectivity index (χ2n) is 8.29. The van der Waals surface area contributed by atoms with E-state index in [-0.39, 0.29) is 24.2 Å². The summed E-state index contributed by atoms with van der Waals surface area (Å²) < 4.78 is 21.6. The third kappa shape index (κ3) is 2.86. The molecule has 5 nitrogen and oxygen atoms in total. The van der Waals surface area contributed by atoms with E-state index in [0.717, 1.165) is 39.1 Å². The molecule has 6 heteroatoms. The van der Waals surface area contributed by atoms with Gasteiger partial charge in [-0.3, -0.25) is 9.79 Å². The number of aromatic nitrogens is 1. The van der Waals surface area contributed by atoms with Gasteiger partial charge in [0, 0.05) is 23.8 Å². The molecule has 1 saturated heterocycles. The maximum absolute atomic E-state index is 14.0. The number of fused-ring (bicyclic) bond motifs is 2. The van der Waals surface area contributed by atoms with Gasteiger partial charge in [0.05, 0.1) is 30.0 Å². The Morgan fingerprint density at radius 1 is 1.20 bits per heavy atom. The number of nitrogens with zero attached hydrogens (tertiary/aromatic N) is 3. The van der Waals surface area contributed by atoms with Crippen molar-refractivity contribution in [3.05, 3.63) is 58.5 Å². The van der Waals surface area contributed by atoms with Gasteiger partial charge in [-0.05, 0) is 59.9 Å². The van der Waals surface area contributed by atoms with Crippen molar-refractivity contribution in [2.45, 2.75) is 33.2 Å². The van der Waals surface area contributed by atoms with Crippen LogP contribution in [0.1, 0.15) is 42.1 Å². The number of amides is 1. The summed E-state index contributed by atoms with van der Waals surface area (Å²) in [5.74, 6) is -0.107. The lowest BCUT2D eigenvalue weighted by atomic mass is 10.0. The van der Waals surface area contributed by atoms with Crippen LogP contribution in [-0.2, 0) is 16.1 Å². The predicted octanol–water partition coefficient (Wildman–Crippen LogP) is 4.50. The first-order valence-corrected chi connectivity index (χ1v) is 10.3. The minimum absolute atomic E-state index is 0.0331. The minimum atomic E-state index is -0.224. The third-order valence-electron chi connectivity index (χ3n) is 5.93. The number of anilines is 1. The number of hydrogen-bond acceptors (Lipinski definition) is 3. The number of halogens is 1. The quantitative estimate of drug-likeness (QED) is 0.644. The molecule has 1 aromatic heterocycles. The van der Waals surface area contributed by atoms with Gasteiger partial charge >= 0.3 is 0 Å². The average Bonchev–Trinajstić information content (AvgIpc) is 3.30. The van der Waals surface area contributed by atoms with Crippen molar-refractivity contribution in [2.24, 2.45) is 4.99 Å². The summed E-state index contributed by atoms with van der Waals surface area (Å²) in [6.45, 7) is 7.81. The van der Waals surface area contributed by atoms with E-state index < -0.39 is 0 Å². The molecule has 0 aliphatic carbocycles. The molecule has 0 saturated carbocycles. The van der Waals surface area contributed by atoms with Crippen LogP contribution in [0.15, 0.2) is 35.3 Å². The van der Waals surface area contributed by atoms with Crippen molar-refractivity contribution in [3.8, 4) is 5.69 Å². The first-order chi connectivity index (χ1) is 14.5. The molecule has 2 aliphatic heterocycles. The predicted molar refractivity (Wildman–Crippen MR) is 117 cm³/mol. The van der Waals surface area contributed by atoms with Gasteiger partial charge in [-0.25, -0.2) is 4.39 Å². The van der Waals surface area contributed by atoms with Crippen molar-refractivity contribution in [3.63, 3.8) is 0 Å². The molecular formula is C24H24FN3O2. The third-order valence-corrected chi connectivity index (χ3v) is 5.93. The van der Waals surface area contributed by atoms with E-state index in [1.807, 2.05) is 17.2 Å². The van der Waals surface area contributed by atoms with Crippen LogP contribution < -0.4 is 4.90 Å². The zero-order chi connectivity index (χ0) is 21.0. The summed E-state index contributed by atoms with van der Waals surface area (Å²) in [7, 11) is 0. The molecule has 0 unspecified atom stereocenters. The Hall–Kier alpha value is -2.99. The second kappa shape index (κ2) is 7.06. The van der Waals surface area contributed by atoms with Gasteiger partial charge in [-0.2, -0.15) is 0 Å². The molecule has 154 valence electrons. The first kappa shape index (κ1) is 19.0. The topological polar surface area (TPSA) is 46.8 Å². The zero-order valence-corrected chi connectivity index (χ0v) is 17.4. The molecule has 0 N–H and O–H groups in total. The van der Waals surface area contributed by atoms with Gasteiger partial charge in [0.1, 0.15) is 12.4 Å². The Bertz CT molecular complexity index is 1210. The van der Waals surface area contributed by atoms with Crippen LogP contribution in [0.5, 0.6) is 0 Å². The standard InChI is InChI=1S/C24H24FN3O2/c1-14(2)23-24(27-6-7-30-13-22(27)29)19-9-16-11-26-12-17(16)10-21(19)28(23)18-4-5-20(25)15(3)8-18/h4-5,8-10,12,14H,6-7,11,13H2,1-3H3.